The Morgan fingerprint density at radius 1 is 1.17 bits per heavy atom. The predicted molar refractivity (Wildman–Crippen MR) is 93.9 cm³/mol. The minimum atomic E-state index is -0.188. The van der Waals surface area contributed by atoms with Gasteiger partial charge >= 0.3 is 0 Å². The predicted octanol–water partition coefficient (Wildman–Crippen LogP) is 2.44. The van der Waals surface area contributed by atoms with E-state index in [1.807, 2.05) is 0 Å². The van der Waals surface area contributed by atoms with E-state index in [0.717, 1.165) is 39.1 Å². The van der Waals surface area contributed by atoms with Crippen molar-refractivity contribution in [1.82, 2.24) is 15.5 Å². The minimum Gasteiger partial charge on any atom is -0.482 e. The van der Waals surface area contributed by atoms with Gasteiger partial charge in [-0.05, 0) is 19.0 Å². The number of halogens is 3. The van der Waals surface area contributed by atoms with Crippen LogP contribution in [0.4, 0.5) is 0 Å². The molecule has 0 aliphatic carbocycles. The van der Waals surface area contributed by atoms with E-state index in [0.29, 0.717) is 27.4 Å². The van der Waals surface area contributed by atoms with E-state index in [9.17, 15) is 4.79 Å². The Kier molecular flexibility index (Phi) is 7.73. The van der Waals surface area contributed by atoms with Gasteiger partial charge in [0.2, 0.25) is 0 Å². The van der Waals surface area contributed by atoms with Crippen LogP contribution >= 0.6 is 34.8 Å². The van der Waals surface area contributed by atoms with Gasteiger partial charge in [-0.15, -0.1) is 0 Å². The monoisotopic (exact) mass is 379 g/mol. The third kappa shape index (κ3) is 6.36. The molecule has 1 saturated heterocycles. The molecule has 0 saturated carbocycles. The molecule has 0 radical (unpaired) electrons. The van der Waals surface area contributed by atoms with Crippen molar-refractivity contribution in [2.75, 3.05) is 45.9 Å². The summed E-state index contributed by atoms with van der Waals surface area (Å²) in [4.78, 5) is 14.2. The highest BCUT2D eigenvalue weighted by Crippen LogP contribution is 2.33. The van der Waals surface area contributed by atoms with E-state index in [2.05, 4.69) is 15.5 Å². The molecule has 128 valence electrons. The molecular weight excluding hydrogens is 361 g/mol. The van der Waals surface area contributed by atoms with Crippen molar-refractivity contribution in [3.8, 4) is 5.75 Å². The summed E-state index contributed by atoms with van der Waals surface area (Å²) >= 11 is 17.7. The van der Waals surface area contributed by atoms with Crippen LogP contribution in [0.5, 0.6) is 5.75 Å². The summed E-state index contributed by atoms with van der Waals surface area (Å²) in [7, 11) is 0. The molecule has 2 N–H and O–H groups in total. The van der Waals surface area contributed by atoms with E-state index in [1.165, 1.54) is 12.1 Å². The molecule has 2 rings (SSSR count). The lowest BCUT2D eigenvalue weighted by Crippen LogP contribution is -2.44. The third-order valence-electron chi connectivity index (χ3n) is 3.52. The average molecular weight is 381 g/mol. The molecular formula is C15H20Cl3N3O2. The van der Waals surface area contributed by atoms with Crippen molar-refractivity contribution in [2.45, 2.75) is 6.42 Å². The molecule has 1 heterocycles. The highest BCUT2D eigenvalue weighted by Gasteiger charge is 2.10. The van der Waals surface area contributed by atoms with Crippen LogP contribution in [0.1, 0.15) is 6.42 Å². The Morgan fingerprint density at radius 2 is 1.87 bits per heavy atom. The van der Waals surface area contributed by atoms with Crippen LogP contribution in [0.2, 0.25) is 15.1 Å². The molecule has 0 spiro atoms. The molecule has 1 aromatic rings. The van der Waals surface area contributed by atoms with E-state index in [-0.39, 0.29) is 12.5 Å². The molecule has 0 aromatic heterocycles. The van der Waals surface area contributed by atoms with Crippen LogP contribution in [0.25, 0.3) is 0 Å². The average Bonchev–Trinajstić information content (AvgIpc) is 2.55. The molecule has 0 bridgehead atoms. The van der Waals surface area contributed by atoms with Crippen molar-refractivity contribution in [1.29, 1.82) is 0 Å². The second-order valence-electron chi connectivity index (χ2n) is 5.28. The van der Waals surface area contributed by atoms with E-state index in [4.69, 9.17) is 39.5 Å². The number of nitrogens with one attached hydrogen (secondary N) is 2. The smallest absolute Gasteiger partial charge is 0.257 e. The summed E-state index contributed by atoms with van der Waals surface area (Å²) in [5, 5.41) is 7.15. The second kappa shape index (κ2) is 9.55. The van der Waals surface area contributed by atoms with Crippen molar-refractivity contribution in [2.24, 2.45) is 0 Å². The van der Waals surface area contributed by atoms with Gasteiger partial charge in [0.25, 0.3) is 5.91 Å². The molecule has 5 nitrogen and oxygen atoms in total. The first-order chi connectivity index (χ1) is 11.1. The van der Waals surface area contributed by atoms with Crippen molar-refractivity contribution in [3.05, 3.63) is 27.2 Å². The van der Waals surface area contributed by atoms with Gasteiger partial charge in [-0.2, -0.15) is 0 Å². The zero-order valence-corrected chi connectivity index (χ0v) is 15.0. The lowest BCUT2D eigenvalue weighted by molar-refractivity contribution is -0.123. The number of hydrogen-bond donors (Lipinski definition) is 2. The van der Waals surface area contributed by atoms with Gasteiger partial charge in [-0.3, -0.25) is 4.79 Å². The Hall–Kier alpha value is -0.720. The maximum Gasteiger partial charge on any atom is 0.257 e. The van der Waals surface area contributed by atoms with Gasteiger partial charge in [0, 0.05) is 38.8 Å². The lowest BCUT2D eigenvalue weighted by atomic mass is 10.3. The molecule has 8 heteroatoms. The van der Waals surface area contributed by atoms with E-state index < -0.39 is 0 Å². The summed E-state index contributed by atoms with van der Waals surface area (Å²) in [5.74, 6) is 0.157. The van der Waals surface area contributed by atoms with Gasteiger partial charge in [0.15, 0.2) is 6.61 Å². The Balaban J connectivity index is 1.64. The van der Waals surface area contributed by atoms with Crippen LogP contribution in [0.15, 0.2) is 12.1 Å². The zero-order valence-electron chi connectivity index (χ0n) is 12.7. The summed E-state index contributed by atoms with van der Waals surface area (Å²) < 4.78 is 5.38. The fourth-order valence-corrected chi connectivity index (χ4v) is 2.87. The van der Waals surface area contributed by atoms with Crippen LogP contribution in [-0.2, 0) is 4.79 Å². The van der Waals surface area contributed by atoms with Crippen LogP contribution in [0.3, 0.4) is 0 Å². The van der Waals surface area contributed by atoms with E-state index >= 15 is 0 Å². The van der Waals surface area contributed by atoms with E-state index in [1.54, 1.807) is 0 Å². The molecule has 1 aromatic carbocycles. The van der Waals surface area contributed by atoms with Crippen LogP contribution < -0.4 is 15.4 Å². The molecule has 23 heavy (non-hydrogen) atoms. The fourth-order valence-electron chi connectivity index (χ4n) is 2.27. The first-order valence-corrected chi connectivity index (χ1v) is 8.67. The topological polar surface area (TPSA) is 53.6 Å². The van der Waals surface area contributed by atoms with Crippen LogP contribution in [-0.4, -0.2) is 56.7 Å². The molecule has 0 unspecified atom stereocenters. The molecule has 1 aliphatic heterocycles. The second-order valence-corrected chi connectivity index (χ2v) is 6.50. The van der Waals surface area contributed by atoms with Crippen molar-refractivity contribution >= 4 is 40.7 Å². The van der Waals surface area contributed by atoms with Gasteiger partial charge in [-0.1, -0.05) is 34.8 Å². The van der Waals surface area contributed by atoms with Gasteiger partial charge in [-0.25, -0.2) is 0 Å². The van der Waals surface area contributed by atoms with Gasteiger partial charge < -0.3 is 20.3 Å². The summed E-state index contributed by atoms with van der Waals surface area (Å²) in [6.07, 6.45) is 0.916. The number of hydrogen-bond acceptors (Lipinski definition) is 4. The lowest BCUT2D eigenvalue weighted by Gasteiger charge is -2.27. The van der Waals surface area contributed by atoms with Gasteiger partial charge in [0.1, 0.15) is 5.75 Å². The summed E-state index contributed by atoms with van der Waals surface area (Å²) in [5.41, 5.74) is 0. The standard InChI is InChI=1S/C15H20Cl3N3O2/c16-11-8-13(18)14(9-12(11)17)23-10-15(22)20-2-1-5-21-6-3-19-4-7-21/h8-9,19H,1-7,10H2,(H,20,22). The number of amides is 1. The Morgan fingerprint density at radius 3 is 2.61 bits per heavy atom. The quantitative estimate of drug-likeness (QED) is 0.563. The summed E-state index contributed by atoms with van der Waals surface area (Å²) in [6, 6.07) is 3.00. The Labute approximate surface area is 151 Å². The normalized spacial score (nSPS) is 15.4. The number of nitrogens with zero attached hydrogens (tertiary/aromatic N) is 1. The molecule has 1 fully saturated rings. The highest BCUT2D eigenvalue weighted by atomic mass is 35.5. The molecule has 1 amide bonds. The maximum atomic E-state index is 11.8. The molecule has 1 aliphatic rings. The first-order valence-electron chi connectivity index (χ1n) is 7.53. The fraction of sp³-hybridized carbons (Fsp3) is 0.533. The number of benzene rings is 1. The Bertz CT molecular complexity index is 537. The third-order valence-corrected chi connectivity index (χ3v) is 4.53. The highest BCUT2D eigenvalue weighted by molar-refractivity contribution is 6.43. The zero-order chi connectivity index (χ0) is 16.7. The molecule has 0 atom stereocenters. The minimum absolute atomic E-state index is 0.106. The van der Waals surface area contributed by atoms with Gasteiger partial charge in [0.05, 0.1) is 15.1 Å². The number of piperazine rings is 1. The first kappa shape index (κ1) is 18.6. The number of ether oxygens (including phenoxy) is 1. The van der Waals surface area contributed by atoms with Crippen LogP contribution in [0, 0.1) is 0 Å². The maximum absolute atomic E-state index is 11.8. The largest absolute Gasteiger partial charge is 0.482 e. The number of carbonyl (C=O) groups is 1. The SMILES string of the molecule is O=C(COc1cc(Cl)c(Cl)cc1Cl)NCCCN1CCNCC1. The van der Waals surface area contributed by atoms with Crippen molar-refractivity contribution < 1.29 is 9.53 Å². The van der Waals surface area contributed by atoms with Crippen molar-refractivity contribution in [3.63, 3.8) is 0 Å². The number of carbonyl (C=O) groups excluding carboxylic acids is 1. The summed E-state index contributed by atoms with van der Waals surface area (Å²) in [6.45, 7) is 5.70. The number of rotatable bonds is 7.